The number of halogens is 1. The Morgan fingerprint density at radius 3 is 2.90 bits per heavy atom. The Bertz CT molecular complexity index is 1280. The van der Waals surface area contributed by atoms with Crippen LogP contribution in [0.15, 0.2) is 41.7 Å². The van der Waals surface area contributed by atoms with Gasteiger partial charge in [0.2, 0.25) is 5.91 Å². The number of amides is 1. The Kier molecular flexibility index (Phi) is 5.16. The van der Waals surface area contributed by atoms with Crippen molar-refractivity contribution in [3.8, 4) is 0 Å². The van der Waals surface area contributed by atoms with E-state index in [1.807, 2.05) is 25.1 Å². The number of thiazole rings is 1. The lowest BCUT2D eigenvalue weighted by molar-refractivity contribution is -0.116. The van der Waals surface area contributed by atoms with E-state index >= 15 is 0 Å². The van der Waals surface area contributed by atoms with E-state index in [1.165, 1.54) is 33.1 Å². The number of aryl methyl sites for hydroxylation is 2. The number of rotatable bonds is 5. The van der Waals surface area contributed by atoms with Crippen LogP contribution in [0.3, 0.4) is 0 Å². The summed E-state index contributed by atoms with van der Waals surface area (Å²) < 4.78 is 2.77. The zero-order valence-electron chi connectivity index (χ0n) is 15.7. The van der Waals surface area contributed by atoms with Gasteiger partial charge in [-0.05, 0) is 24.1 Å². The lowest BCUT2D eigenvalue weighted by atomic mass is 10.1. The highest BCUT2D eigenvalue weighted by atomic mass is 35.5. The maximum atomic E-state index is 12.5. The van der Waals surface area contributed by atoms with Gasteiger partial charge in [0.15, 0.2) is 10.8 Å². The van der Waals surface area contributed by atoms with Crippen LogP contribution in [-0.2, 0) is 24.8 Å². The molecule has 8 nitrogen and oxygen atoms in total. The number of hydrogen-bond acceptors (Lipinski definition) is 6. The van der Waals surface area contributed by atoms with Crippen LogP contribution < -0.4 is 10.9 Å². The molecule has 0 bridgehead atoms. The molecule has 3 heterocycles. The van der Waals surface area contributed by atoms with Gasteiger partial charge in [0, 0.05) is 29.6 Å². The lowest BCUT2D eigenvalue weighted by Crippen LogP contribution is -2.27. The fraction of sp³-hybridized carbons (Fsp3) is 0.211. The molecule has 3 aromatic heterocycles. The highest BCUT2D eigenvalue weighted by molar-refractivity contribution is 7.15. The van der Waals surface area contributed by atoms with Crippen LogP contribution in [-0.4, -0.2) is 30.2 Å². The van der Waals surface area contributed by atoms with Gasteiger partial charge in [-0.15, -0.1) is 11.3 Å². The average Bonchev–Trinajstić information content (AvgIpc) is 3.27. The monoisotopic (exact) mass is 428 g/mol. The molecule has 0 unspecified atom stereocenters. The fourth-order valence-electron chi connectivity index (χ4n) is 2.89. The van der Waals surface area contributed by atoms with Gasteiger partial charge in [0.05, 0.1) is 6.20 Å². The van der Waals surface area contributed by atoms with E-state index in [0.29, 0.717) is 22.6 Å². The van der Waals surface area contributed by atoms with Gasteiger partial charge in [-0.1, -0.05) is 23.7 Å². The van der Waals surface area contributed by atoms with E-state index in [4.69, 9.17) is 11.6 Å². The predicted molar refractivity (Wildman–Crippen MR) is 113 cm³/mol. The second-order valence-electron chi connectivity index (χ2n) is 6.62. The van der Waals surface area contributed by atoms with Crippen molar-refractivity contribution in [2.75, 3.05) is 5.32 Å². The number of benzene rings is 1. The van der Waals surface area contributed by atoms with E-state index in [0.717, 1.165) is 21.0 Å². The smallest absolute Gasteiger partial charge is 0.264 e. The third-order valence-electron chi connectivity index (χ3n) is 4.45. The largest absolute Gasteiger partial charge is 0.300 e. The van der Waals surface area contributed by atoms with Crippen molar-refractivity contribution in [3.63, 3.8) is 0 Å². The van der Waals surface area contributed by atoms with Crippen LogP contribution in [0.1, 0.15) is 16.0 Å². The number of anilines is 1. The van der Waals surface area contributed by atoms with Gasteiger partial charge in [-0.3, -0.25) is 18.8 Å². The van der Waals surface area contributed by atoms with E-state index in [9.17, 15) is 9.59 Å². The Morgan fingerprint density at radius 2 is 2.10 bits per heavy atom. The minimum absolute atomic E-state index is 0.154. The van der Waals surface area contributed by atoms with Crippen molar-refractivity contribution in [2.45, 2.75) is 19.9 Å². The highest BCUT2D eigenvalue weighted by Crippen LogP contribution is 2.23. The molecule has 0 aliphatic heterocycles. The molecule has 0 atom stereocenters. The average molecular weight is 429 g/mol. The molecule has 4 rings (SSSR count). The molecule has 10 heteroatoms. The van der Waals surface area contributed by atoms with Crippen molar-refractivity contribution in [3.05, 3.63) is 68.3 Å². The number of nitrogens with zero attached hydrogens (tertiary/aromatic N) is 5. The number of fused-ring (bicyclic) bond motifs is 1. The molecule has 148 valence electrons. The first kappa shape index (κ1) is 19.3. The predicted octanol–water partition coefficient (Wildman–Crippen LogP) is 2.78. The molecule has 0 radical (unpaired) electrons. The standard InChI is InChI=1S/C19H17ClN6O2S/c1-11-3-4-12(6-15(11)20)5-13-7-21-19(29-13)24-16(27)9-26-10-22-17-14(18(26)28)8-23-25(17)2/h3-4,6-8,10H,5,9H2,1-2H3,(H,21,24,27). The molecule has 0 fully saturated rings. The van der Waals surface area contributed by atoms with E-state index in [-0.39, 0.29) is 18.0 Å². The van der Waals surface area contributed by atoms with Gasteiger partial charge in [0.1, 0.15) is 18.3 Å². The Labute approximate surface area is 174 Å². The van der Waals surface area contributed by atoms with Crippen molar-refractivity contribution in [1.82, 2.24) is 24.3 Å². The van der Waals surface area contributed by atoms with Crippen LogP contribution >= 0.6 is 22.9 Å². The normalized spacial score (nSPS) is 11.1. The molecule has 29 heavy (non-hydrogen) atoms. The minimum atomic E-state index is -0.351. The summed E-state index contributed by atoms with van der Waals surface area (Å²) in [7, 11) is 1.70. The van der Waals surface area contributed by atoms with Gasteiger partial charge in [0.25, 0.3) is 5.56 Å². The van der Waals surface area contributed by atoms with E-state index < -0.39 is 0 Å². The summed E-state index contributed by atoms with van der Waals surface area (Å²) in [4.78, 5) is 34.2. The van der Waals surface area contributed by atoms with Crippen LogP contribution in [0.5, 0.6) is 0 Å². The summed E-state index contributed by atoms with van der Waals surface area (Å²) in [5, 5.41) is 8.32. The summed E-state index contributed by atoms with van der Waals surface area (Å²) in [6, 6.07) is 5.93. The van der Waals surface area contributed by atoms with Crippen LogP contribution in [0, 0.1) is 6.92 Å². The summed E-state index contributed by atoms with van der Waals surface area (Å²) in [5.41, 5.74) is 2.27. The Morgan fingerprint density at radius 1 is 1.28 bits per heavy atom. The van der Waals surface area contributed by atoms with E-state index in [1.54, 1.807) is 13.2 Å². The Hall–Kier alpha value is -3.04. The zero-order valence-corrected chi connectivity index (χ0v) is 17.3. The van der Waals surface area contributed by atoms with Crippen molar-refractivity contribution < 1.29 is 4.79 Å². The molecule has 1 amide bonds. The van der Waals surface area contributed by atoms with Crippen LogP contribution in [0.25, 0.3) is 11.0 Å². The fourth-order valence-corrected chi connectivity index (χ4v) is 3.95. The van der Waals surface area contributed by atoms with Crippen LogP contribution in [0.2, 0.25) is 5.02 Å². The van der Waals surface area contributed by atoms with Gasteiger partial charge in [-0.2, -0.15) is 5.10 Å². The molecule has 0 spiro atoms. The first-order chi connectivity index (χ1) is 13.9. The third-order valence-corrected chi connectivity index (χ3v) is 5.77. The molecule has 0 saturated heterocycles. The van der Waals surface area contributed by atoms with Crippen molar-refractivity contribution >= 4 is 45.0 Å². The second kappa shape index (κ2) is 7.76. The SMILES string of the molecule is Cc1ccc(Cc2cnc(NC(=O)Cn3cnc4c(cnn4C)c3=O)s2)cc1Cl. The highest BCUT2D eigenvalue weighted by Gasteiger charge is 2.12. The number of aromatic nitrogens is 5. The first-order valence-electron chi connectivity index (χ1n) is 8.77. The number of carbonyl (C=O) groups excluding carboxylic acids is 1. The number of hydrogen-bond donors (Lipinski definition) is 1. The molecular formula is C19H17ClN6O2S. The topological polar surface area (TPSA) is 94.7 Å². The number of nitrogens with one attached hydrogen (secondary N) is 1. The third kappa shape index (κ3) is 4.06. The number of carbonyl (C=O) groups is 1. The quantitative estimate of drug-likeness (QED) is 0.527. The van der Waals surface area contributed by atoms with Crippen LogP contribution in [0.4, 0.5) is 5.13 Å². The minimum Gasteiger partial charge on any atom is -0.300 e. The molecule has 1 aromatic carbocycles. The summed E-state index contributed by atoms with van der Waals surface area (Å²) in [6.45, 7) is 1.80. The molecule has 0 aliphatic rings. The molecule has 0 aliphatic carbocycles. The Balaban J connectivity index is 1.43. The summed E-state index contributed by atoms with van der Waals surface area (Å²) >= 11 is 7.56. The van der Waals surface area contributed by atoms with Gasteiger partial charge < -0.3 is 5.32 Å². The van der Waals surface area contributed by atoms with Crippen molar-refractivity contribution in [1.29, 1.82) is 0 Å². The molecular weight excluding hydrogens is 412 g/mol. The molecule has 1 N–H and O–H groups in total. The van der Waals surface area contributed by atoms with Gasteiger partial charge >= 0.3 is 0 Å². The zero-order chi connectivity index (χ0) is 20.5. The van der Waals surface area contributed by atoms with Crippen molar-refractivity contribution in [2.24, 2.45) is 7.05 Å². The maximum absolute atomic E-state index is 12.5. The lowest BCUT2D eigenvalue weighted by Gasteiger charge is -2.05. The summed E-state index contributed by atoms with van der Waals surface area (Å²) in [6.07, 6.45) is 5.20. The molecule has 0 saturated carbocycles. The van der Waals surface area contributed by atoms with Gasteiger partial charge in [-0.25, -0.2) is 9.97 Å². The molecule has 4 aromatic rings. The maximum Gasteiger partial charge on any atom is 0.264 e. The summed E-state index contributed by atoms with van der Waals surface area (Å²) in [5.74, 6) is -0.351. The second-order valence-corrected chi connectivity index (χ2v) is 8.15. The van der Waals surface area contributed by atoms with E-state index in [2.05, 4.69) is 20.4 Å². The first-order valence-corrected chi connectivity index (χ1v) is 9.97.